The molecular formula is C13H17N3OS2. The summed E-state index contributed by atoms with van der Waals surface area (Å²) in [5.41, 5.74) is 0.805. The Morgan fingerprint density at radius 3 is 2.95 bits per heavy atom. The van der Waals surface area contributed by atoms with Gasteiger partial charge in [0.05, 0.1) is 10.6 Å². The van der Waals surface area contributed by atoms with Gasteiger partial charge in [-0.15, -0.1) is 22.7 Å². The molecule has 0 aromatic carbocycles. The molecule has 0 fully saturated rings. The molecule has 0 radical (unpaired) electrons. The third-order valence-electron chi connectivity index (χ3n) is 2.62. The number of carbonyl (C=O) groups is 1. The highest BCUT2D eigenvalue weighted by atomic mass is 32.1. The topological polar surface area (TPSA) is 54.0 Å². The third-order valence-corrected chi connectivity index (χ3v) is 4.82. The van der Waals surface area contributed by atoms with Crippen LogP contribution in [-0.4, -0.2) is 31.0 Å². The highest BCUT2D eigenvalue weighted by molar-refractivity contribution is 7.22. The maximum atomic E-state index is 12.1. The van der Waals surface area contributed by atoms with Crippen molar-refractivity contribution in [2.24, 2.45) is 0 Å². The number of thiazole rings is 1. The summed E-state index contributed by atoms with van der Waals surface area (Å²) in [7, 11) is 1.91. The molecule has 0 aliphatic heterocycles. The highest BCUT2D eigenvalue weighted by Crippen LogP contribution is 2.30. The van der Waals surface area contributed by atoms with Gasteiger partial charge in [-0.3, -0.25) is 4.79 Å². The number of aromatic nitrogens is 1. The lowest BCUT2D eigenvalue weighted by Crippen LogP contribution is -2.26. The Morgan fingerprint density at radius 2 is 2.26 bits per heavy atom. The van der Waals surface area contributed by atoms with Crippen molar-refractivity contribution in [3.8, 4) is 9.88 Å². The van der Waals surface area contributed by atoms with Gasteiger partial charge in [0.1, 0.15) is 9.88 Å². The lowest BCUT2D eigenvalue weighted by Gasteiger charge is -2.03. The molecule has 19 heavy (non-hydrogen) atoms. The van der Waals surface area contributed by atoms with Crippen LogP contribution in [0.1, 0.15) is 21.8 Å². The molecule has 6 heteroatoms. The van der Waals surface area contributed by atoms with Crippen molar-refractivity contribution < 1.29 is 4.79 Å². The number of rotatable bonds is 6. The van der Waals surface area contributed by atoms with E-state index < -0.39 is 0 Å². The fourth-order valence-electron chi connectivity index (χ4n) is 1.66. The second kappa shape index (κ2) is 6.79. The second-order valence-corrected chi connectivity index (χ2v) is 6.07. The maximum Gasteiger partial charge on any atom is 0.263 e. The predicted octanol–water partition coefficient (Wildman–Crippen LogP) is 2.52. The fourth-order valence-corrected chi connectivity index (χ4v) is 3.44. The average molecular weight is 295 g/mol. The molecule has 2 N–H and O–H groups in total. The number of nitrogens with zero attached hydrogens (tertiary/aromatic N) is 1. The highest BCUT2D eigenvalue weighted by Gasteiger charge is 2.16. The monoisotopic (exact) mass is 295 g/mol. The zero-order valence-electron chi connectivity index (χ0n) is 11.0. The molecule has 0 aliphatic rings. The van der Waals surface area contributed by atoms with Gasteiger partial charge >= 0.3 is 0 Å². The van der Waals surface area contributed by atoms with Gasteiger partial charge in [0.15, 0.2) is 0 Å². The number of nitrogens with one attached hydrogen (secondary N) is 2. The zero-order chi connectivity index (χ0) is 13.7. The second-order valence-electron chi connectivity index (χ2n) is 4.12. The van der Waals surface area contributed by atoms with E-state index in [-0.39, 0.29) is 5.91 Å². The Kier molecular flexibility index (Phi) is 5.07. The van der Waals surface area contributed by atoms with E-state index >= 15 is 0 Å². The largest absolute Gasteiger partial charge is 0.351 e. The van der Waals surface area contributed by atoms with Crippen LogP contribution in [0.25, 0.3) is 9.88 Å². The number of thiophene rings is 1. The van der Waals surface area contributed by atoms with Gasteiger partial charge < -0.3 is 10.6 Å². The molecule has 2 heterocycles. The quantitative estimate of drug-likeness (QED) is 0.805. The molecule has 0 atom stereocenters. The first kappa shape index (κ1) is 14.2. The minimum atomic E-state index is -0.0195. The maximum absolute atomic E-state index is 12.1. The van der Waals surface area contributed by atoms with Gasteiger partial charge in [-0.1, -0.05) is 6.07 Å². The van der Waals surface area contributed by atoms with E-state index in [4.69, 9.17) is 0 Å². The first-order valence-electron chi connectivity index (χ1n) is 6.16. The summed E-state index contributed by atoms with van der Waals surface area (Å²) in [6.45, 7) is 3.48. The van der Waals surface area contributed by atoms with Crippen LogP contribution in [0.3, 0.4) is 0 Å². The Hall–Kier alpha value is -1.24. The number of aryl methyl sites for hydroxylation is 1. The van der Waals surface area contributed by atoms with Crippen molar-refractivity contribution in [1.82, 2.24) is 15.6 Å². The fraction of sp³-hybridized carbons (Fsp3) is 0.385. The summed E-state index contributed by atoms with van der Waals surface area (Å²) >= 11 is 3.10. The summed E-state index contributed by atoms with van der Waals surface area (Å²) in [5, 5.41) is 8.93. The SMILES string of the molecule is CNCCCNC(=O)c1sc(-c2cccs2)nc1C. The Bertz CT molecular complexity index is 534. The van der Waals surface area contributed by atoms with E-state index in [1.54, 1.807) is 11.3 Å². The normalized spacial score (nSPS) is 10.6. The van der Waals surface area contributed by atoms with Crippen molar-refractivity contribution in [2.75, 3.05) is 20.1 Å². The van der Waals surface area contributed by atoms with Crippen LogP contribution >= 0.6 is 22.7 Å². The van der Waals surface area contributed by atoms with E-state index in [2.05, 4.69) is 15.6 Å². The smallest absolute Gasteiger partial charge is 0.263 e. The lowest BCUT2D eigenvalue weighted by atomic mass is 10.3. The third kappa shape index (κ3) is 3.62. The van der Waals surface area contributed by atoms with Crippen LogP contribution in [0, 0.1) is 6.92 Å². The zero-order valence-corrected chi connectivity index (χ0v) is 12.7. The minimum Gasteiger partial charge on any atom is -0.351 e. The molecule has 0 spiro atoms. The van der Waals surface area contributed by atoms with Crippen LogP contribution < -0.4 is 10.6 Å². The van der Waals surface area contributed by atoms with Gasteiger partial charge in [-0.2, -0.15) is 0 Å². The molecular weight excluding hydrogens is 278 g/mol. The lowest BCUT2D eigenvalue weighted by molar-refractivity contribution is 0.0956. The van der Waals surface area contributed by atoms with Crippen molar-refractivity contribution in [3.05, 3.63) is 28.1 Å². The van der Waals surface area contributed by atoms with Gasteiger partial charge in [0, 0.05) is 6.54 Å². The number of hydrogen-bond acceptors (Lipinski definition) is 5. The van der Waals surface area contributed by atoms with E-state index in [0.29, 0.717) is 11.4 Å². The van der Waals surface area contributed by atoms with Crippen molar-refractivity contribution >= 4 is 28.6 Å². The summed E-state index contributed by atoms with van der Waals surface area (Å²) < 4.78 is 0. The average Bonchev–Trinajstić information content (AvgIpc) is 3.03. The van der Waals surface area contributed by atoms with Crippen LogP contribution in [-0.2, 0) is 0 Å². The first-order valence-corrected chi connectivity index (χ1v) is 7.86. The first-order chi connectivity index (χ1) is 9.22. The van der Waals surface area contributed by atoms with Crippen LogP contribution in [0.5, 0.6) is 0 Å². The van der Waals surface area contributed by atoms with E-state index in [1.807, 2.05) is 31.5 Å². The Labute approximate surface area is 120 Å². The summed E-state index contributed by atoms with van der Waals surface area (Å²) in [6.07, 6.45) is 0.928. The molecule has 0 aliphatic carbocycles. The molecule has 2 aromatic rings. The molecule has 0 saturated heterocycles. The van der Waals surface area contributed by atoms with Crippen molar-refractivity contribution in [2.45, 2.75) is 13.3 Å². The standard InChI is InChI=1S/C13H17N3OS2/c1-9-11(12(17)15-7-4-6-14-2)19-13(16-9)10-5-3-8-18-10/h3,5,8,14H,4,6-7H2,1-2H3,(H,15,17). The number of carbonyl (C=O) groups excluding carboxylic acids is 1. The Balaban J connectivity index is 2.02. The number of amides is 1. The van der Waals surface area contributed by atoms with E-state index in [0.717, 1.165) is 28.5 Å². The van der Waals surface area contributed by atoms with Crippen LogP contribution in [0.4, 0.5) is 0 Å². The molecule has 2 rings (SSSR count). The summed E-state index contributed by atoms with van der Waals surface area (Å²) in [5.74, 6) is -0.0195. The molecule has 0 saturated carbocycles. The van der Waals surface area contributed by atoms with E-state index in [9.17, 15) is 4.79 Å². The molecule has 102 valence electrons. The minimum absolute atomic E-state index is 0.0195. The van der Waals surface area contributed by atoms with Gasteiger partial charge in [0.2, 0.25) is 0 Å². The Morgan fingerprint density at radius 1 is 1.42 bits per heavy atom. The van der Waals surface area contributed by atoms with Crippen LogP contribution in [0.2, 0.25) is 0 Å². The molecule has 4 nitrogen and oxygen atoms in total. The molecule has 0 unspecified atom stereocenters. The van der Waals surface area contributed by atoms with Gasteiger partial charge in [-0.05, 0) is 38.4 Å². The van der Waals surface area contributed by atoms with Gasteiger partial charge in [0.25, 0.3) is 5.91 Å². The predicted molar refractivity (Wildman–Crippen MR) is 81.0 cm³/mol. The summed E-state index contributed by atoms with van der Waals surface area (Å²) in [4.78, 5) is 18.4. The van der Waals surface area contributed by atoms with Crippen LogP contribution in [0.15, 0.2) is 17.5 Å². The van der Waals surface area contributed by atoms with Gasteiger partial charge in [-0.25, -0.2) is 4.98 Å². The number of hydrogen-bond donors (Lipinski definition) is 2. The molecule has 0 bridgehead atoms. The molecule has 1 amide bonds. The summed E-state index contributed by atoms with van der Waals surface area (Å²) in [6, 6.07) is 4.02. The molecule has 2 aromatic heterocycles. The van der Waals surface area contributed by atoms with Crippen molar-refractivity contribution in [3.63, 3.8) is 0 Å². The van der Waals surface area contributed by atoms with Crippen molar-refractivity contribution in [1.29, 1.82) is 0 Å². The van der Waals surface area contributed by atoms with E-state index in [1.165, 1.54) is 11.3 Å².